The van der Waals surface area contributed by atoms with E-state index in [2.05, 4.69) is 0 Å². The Bertz CT molecular complexity index is 421. The van der Waals surface area contributed by atoms with Crippen LogP contribution in [-0.2, 0) is 14.3 Å². The van der Waals surface area contributed by atoms with Gasteiger partial charge in [0.15, 0.2) is 5.79 Å². The normalized spacial score (nSPS) is 25.0. The van der Waals surface area contributed by atoms with E-state index in [0.29, 0.717) is 13.2 Å². The number of hydrogen-bond donors (Lipinski definition) is 0. The van der Waals surface area contributed by atoms with Crippen molar-refractivity contribution in [2.45, 2.75) is 56.9 Å². The van der Waals surface area contributed by atoms with Gasteiger partial charge in [-0.15, -0.1) is 0 Å². The van der Waals surface area contributed by atoms with Gasteiger partial charge in [-0.05, 0) is 37.5 Å². The largest absolute Gasteiger partial charge is 0.406 e. The van der Waals surface area contributed by atoms with Crippen LogP contribution >= 0.6 is 0 Å². The van der Waals surface area contributed by atoms with Crippen LogP contribution in [0, 0.1) is 11.8 Å². The highest BCUT2D eigenvalue weighted by Crippen LogP contribution is 2.40. The topological polar surface area (TPSA) is 38.8 Å². The molecule has 0 atom stereocenters. The number of halogens is 3. The Morgan fingerprint density at radius 3 is 2.17 bits per heavy atom. The van der Waals surface area contributed by atoms with Gasteiger partial charge in [-0.3, -0.25) is 4.79 Å². The number of alkyl halides is 3. The number of nitrogens with zero attached hydrogens (tertiary/aromatic N) is 1. The van der Waals surface area contributed by atoms with Crippen molar-refractivity contribution in [3.8, 4) is 0 Å². The van der Waals surface area contributed by atoms with Crippen LogP contribution in [0.25, 0.3) is 0 Å². The number of rotatable bonds is 5. The van der Waals surface area contributed by atoms with Crippen molar-refractivity contribution < 1.29 is 27.4 Å². The second-order valence-electron chi connectivity index (χ2n) is 7.09. The first-order valence-electron chi connectivity index (χ1n) is 8.48. The average molecular weight is 335 g/mol. The summed E-state index contributed by atoms with van der Waals surface area (Å²) in [4.78, 5) is 13.3. The molecule has 23 heavy (non-hydrogen) atoms. The predicted molar refractivity (Wildman–Crippen MR) is 76.6 cm³/mol. The number of amides is 1. The first kappa shape index (κ1) is 17.0. The standard InChI is InChI=1S/C16H24F3NO3/c17-16(18,19)11-20(10-13-1-2-13)14(21)9-12-3-5-15(6-4-12)22-7-8-23-15/h12-13H,1-11H2. The van der Waals surface area contributed by atoms with Gasteiger partial charge in [-0.2, -0.15) is 13.2 Å². The van der Waals surface area contributed by atoms with Crippen molar-refractivity contribution >= 4 is 5.91 Å². The molecule has 1 saturated heterocycles. The van der Waals surface area contributed by atoms with E-state index in [0.717, 1.165) is 43.4 Å². The summed E-state index contributed by atoms with van der Waals surface area (Å²) in [5, 5.41) is 0. The van der Waals surface area contributed by atoms with E-state index in [1.165, 1.54) is 0 Å². The highest BCUT2D eigenvalue weighted by atomic mass is 19.4. The lowest BCUT2D eigenvalue weighted by Gasteiger charge is -2.36. The van der Waals surface area contributed by atoms with Gasteiger partial charge in [0.2, 0.25) is 5.91 Å². The number of carbonyl (C=O) groups is 1. The van der Waals surface area contributed by atoms with Crippen LogP contribution in [0.5, 0.6) is 0 Å². The summed E-state index contributed by atoms with van der Waals surface area (Å²) in [5.74, 6) is -0.449. The van der Waals surface area contributed by atoms with Crippen LogP contribution in [0.4, 0.5) is 13.2 Å². The first-order chi connectivity index (χ1) is 10.9. The Morgan fingerprint density at radius 2 is 1.65 bits per heavy atom. The van der Waals surface area contributed by atoms with Crippen molar-refractivity contribution in [3.05, 3.63) is 0 Å². The molecule has 0 aromatic heterocycles. The highest BCUT2D eigenvalue weighted by Gasteiger charge is 2.41. The van der Waals surface area contributed by atoms with Crippen LogP contribution in [0.15, 0.2) is 0 Å². The molecule has 4 nitrogen and oxygen atoms in total. The van der Waals surface area contributed by atoms with Gasteiger partial charge in [0.25, 0.3) is 0 Å². The highest BCUT2D eigenvalue weighted by molar-refractivity contribution is 5.76. The molecule has 3 aliphatic rings. The van der Waals surface area contributed by atoms with E-state index in [1.54, 1.807) is 0 Å². The maximum atomic E-state index is 12.7. The van der Waals surface area contributed by atoms with Crippen molar-refractivity contribution in [3.63, 3.8) is 0 Å². The maximum absolute atomic E-state index is 12.7. The third kappa shape index (κ3) is 4.83. The monoisotopic (exact) mass is 335 g/mol. The second-order valence-corrected chi connectivity index (χ2v) is 7.09. The SMILES string of the molecule is O=C(CC1CCC2(CC1)OCCO2)N(CC1CC1)CC(F)(F)F. The zero-order valence-electron chi connectivity index (χ0n) is 13.2. The Kier molecular flexibility index (Phi) is 4.88. The first-order valence-corrected chi connectivity index (χ1v) is 8.48. The molecule has 1 heterocycles. The quantitative estimate of drug-likeness (QED) is 0.775. The maximum Gasteiger partial charge on any atom is 0.406 e. The van der Waals surface area contributed by atoms with E-state index in [1.807, 2.05) is 0 Å². The zero-order valence-corrected chi connectivity index (χ0v) is 13.2. The van der Waals surface area contributed by atoms with Gasteiger partial charge in [-0.25, -0.2) is 0 Å². The predicted octanol–water partition coefficient (Wildman–Crippen LogP) is 3.11. The Morgan fingerprint density at radius 1 is 1.04 bits per heavy atom. The zero-order chi connectivity index (χ0) is 16.5. The van der Waals surface area contributed by atoms with E-state index in [4.69, 9.17) is 9.47 Å². The van der Waals surface area contributed by atoms with Crippen molar-refractivity contribution in [1.29, 1.82) is 0 Å². The molecule has 1 amide bonds. The lowest BCUT2D eigenvalue weighted by molar-refractivity contribution is -0.184. The van der Waals surface area contributed by atoms with Gasteiger partial charge in [0, 0.05) is 25.8 Å². The molecule has 0 bridgehead atoms. The third-order valence-electron chi connectivity index (χ3n) is 5.04. The minimum absolute atomic E-state index is 0.135. The van der Waals surface area contributed by atoms with Crippen LogP contribution in [0.1, 0.15) is 44.9 Å². The molecule has 3 rings (SSSR count). The Balaban J connectivity index is 1.50. The minimum Gasteiger partial charge on any atom is -0.348 e. The molecular weight excluding hydrogens is 311 g/mol. The molecule has 0 aromatic carbocycles. The van der Waals surface area contributed by atoms with Gasteiger partial charge in [-0.1, -0.05) is 0 Å². The fraction of sp³-hybridized carbons (Fsp3) is 0.938. The minimum atomic E-state index is -4.33. The summed E-state index contributed by atoms with van der Waals surface area (Å²) in [6.45, 7) is 0.334. The number of ether oxygens (including phenoxy) is 2. The van der Waals surface area contributed by atoms with Crippen molar-refractivity contribution in [2.75, 3.05) is 26.3 Å². The van der Waals surface area contributed by atoms with E-state index in [-0.39, 0.29) is 30.7 Å². The van der Waals surface area contributed by atoms with Crippen LogP contribution in [-0.4, -0.2) is 49.1 Å². The molecule has 0 N–H and O–H groups in total. The van der Waals surface area contributed by atoms with Crippen LogP contribution < -0.4 is 0 Å². The molecular formula is C16H24F3NO3. The number of carbonyl (C=O) groups excluding carboxylic acids is 1. The molecule has 7 heteroatoms. The third-order valence-corrected chi connectivity index (χ3v) is 5.04. The average Bonchev–Trinajstić information content (AvgIpc) is 3.18. The summed E-state index contributed by atoms with van der Waals surface area (Å²) >= 11 is 0. The van der Waals surface area contributed by atoms with Gasteiger partial charge in [0.1, 0.15) is 6.54 Å². The molecule has 3 fully saturated rings. The van der Waals surface area contributed by atoms with E-state index >= 15 is 0 Å². The van der Waals surface area contributed by atoms with Crippen molar-refractivity contribution in [1.82, 2.24) is 4.90 Å². The molecule has 2 saturated carbocycles. The molecule has 0 aromatic rings. The fourth-order valence-electron chi connectivity index (χ4n) is 3.57. The van der Waals surface area contributed by atoms with E-state index < -0.39 is 18.5 Å². The molecule has 1 spiro atoms. The molecule has 0 radical (unpaired) electrons. The lowest BCUT2D eigenvalue weighted by Crippen LogP contribution is -2.42. The van der Waals surface area contributed by atoms with Crippen molar-refractivity contribution in [2.24, 2.45) is 11.8 Å². The second kappa shape index (κ2) is 6.59. The molecule has 132 valence electrons. The fourth-order valence-corrected chi connectivity index (χ4v) is 3.57. The lowest BCUT2D eigenvalue weighted by atomic mass is 9.83. The van der Waals surface area contributed by atoms with E-state index in [9.17, 15) is 18.0 Å². The summed E-state index contributed by atoms with van der Waals surface area (Å²) in [5.41, 5.74) is 0. The molecule has 2 aliphatic carbocycles. The summed E-state index contributed by atoms with van der Waals surface area (Å²) in [7, 11) is 0. The van der Waals surface area contributed by atoms with Gasteiger partial charge >= 0.3 is 6.18 Å². The van der Waals surface area contributed by atoms with Crippen LogP contribution in [0.3, 0.4) is 0 Å². The van der Waals surface area contributed by atoms with Gasteiger partial charge in [0.05, 0.1) is 13.2 Å². The summed E-state index contributed by atoms with van der Waals surface area (Å²) < 4.78 is 49.4. The van der Waals surface area contributed by atoms with Crippen LogP contribution in [0.2, 0.25) is 0 Å². The smallest absolute Gasteiger partial charge is 0.348 e. The Labute approximate surface area is 134 Å². The number of hydrogen-bond acceptors (Lipinski definition) is 3. The molecule has 0 unspecified atom stereocenters. The Hall–Kier alpha value is -0.820. The summed E-state index contributed by atoms with van der Waals surface area (Å²) in [6, 6.07) is 0. The van der Waals surface area contributed by atoms with Gasteiger partial charge < -0.3 is 14.4 Å². The molecule has 1 aliphatic heterocycles. The summed E-state index contributed by atoms with van der Waals surface area (Å²) in [6.07, 6.45) is 0.750.